The van der Waals surface area contributed by atoms with E-state index < -0.39 is 15.8 Å². The topological polar surface area (TPSA) is 58.4 Å². The number of sulfonamides is 1. The molecule has 0 N–H and O–H groups in total. The summed E-state index contributed by atoms with van der Waals surface area (Å²) < 4.78 is 41.9. The lowest BCUT2D eigenvalue weighted by molar-refractivity contribution is 0.183. The van der Waals surface area contributed by atoms with E-state index in [1.807, 2.05) is 10.8 Å². The van der Waals surface area contributed by atoms with Crippen LogP contribution in [0.3, 0.4) is 0 Å². The molecule has 6 nitrogen and oxygen atoms in total. The number of piperazine rings is 1. The highest BCUT2D eigenvalue weighted by atomic mass is 35.5. The summed E-state index contributed by atoms with van der Waals surface area (Å²) >= 11 is 5.70. The van der Waals surface area contributed by atoms with Crippen molar-refractivity contribution in [2.75, 3.05) is 32.7 Å². The standard InChI is InChI=1S/C15H18ClFN4O2S/c16-14-11-13(1-2-15(14)17)24(22,23)21-9-7-19(8-10-21)5-6-20-4-3-18-12-20/h1-4,11-12H,5-10H2. The van der Waals surface area contributed by atoms with E-state index in [-0.39, 0.29) is 9.92 Å². The molecule has 3 rings (SSSR count). The Balaban J connectivity index is 1.59. The molecule has 1 aliphatic rings. The second-order valence-corrected chi connectivity index (χ2v) is 7.97. The number of hydrogen-bond donors (Lipinski definition) is 0. The summed E-state index contributed by atoms with van der Waals surface area (Å²) in [6, 6.07) is 3.50. The lowest BCUT2D eigenvalue weighted by Gasteiger charge is -2.34. The van der Waals surface area contributed by atoms with Crippen LogP contribution in [0, 0.1) is 5.82 Å². The van der Waals surface area contributed by atoms with Crippen LogP contribution in [0.2, 0.25) is 5.02 Å². The van der Waals surface area contributed by atoms with E-state index in [9.17, 15) is 12.8 Å². The van der Waals surface area contributed by atoms with Crippen LogP contribution in [0.5, 0.6) is 0 Å². The van der Waals surface area contributed by atoms with Crippen LogP contribution in [0.1, 0.15) is 0 Å². The Hall–Kier alpha value is -1.48. The third-order valence-electron chi connectivity index (χ3n) is 4.09. The molecule has 0 atom stereocenters. The van der Waals surface area contributed by atoms with Crippen LogP contribution in [0.15, 0.2) is 41.8 Å². The Morgan fingerprint density at radius 3 is 2.54 bits per heavy atom. The summed E-state index contributed by atoms with van der Waals surface area (Å²) in [6.07, 6.45) is 5.40. The molecule has 1 saturated heterocycles. The maximum atomic E-state index is 13.2. The van der Waals surface area contributed by atoms with Crippen molar-refractivity contribution in [3.8, 4) is 0 Å². The Morgan fingerprint density at radius 1 is 1.17 bits per heavy atom. The Morgan fingerprint density at radius 2 is 1.92 bits per heavy atom. The van der Waals surface area contributed by atoms with E-state index in [0.717, 1.165) is 25.2 Å². The monoisotopic (exact) mass is 372 g/mol. The maximum Gasteiger partial charge on any atom is 0.243 e. The van der Waals surface area contributed by atoms with E-state index >= 15 is 0 Å². The third kappa shape index (κ3) is 3.77. The van der Waals surface area contributed by atoms with Gasteiger partial charge in [0, 0.05) is 51.7 Å². The van der Waals surface area contributed by atoms with Crippen LogP contribution in [-0.2, 0) is 16.6 Å². The van der Waals surface area contributed by atoms with Gasteiger partial charge in [0.1, 0.15) is 5.82 Å². The normalized spacial score (nSPS) is 17.2. The van der Waals surface area contributed by atoms with Gasteiger partial charge in [0.25, 0.3) is 0 Å². The fourth-order valence-corrected chi connectivity index (χ4v) is 4.35. The lowest BCUT2D eigenvalue weighted by atomic mass is 10.3. The van der Waals surface area contributed by atoms with Crippen molar-refractivity contribution < 1.29 is 12.8 Å². The molecule has 2 aromatic rings. The molecule has 1 aromatic carbocycles. The van der Waals surface area contributed by atoms with Gasteiger partial charge in [-0.25, -0.2) is 17.8 Å². The van der Waals surface area contributed by atoms with Gasteiger partial charge in [-0.15, -0.1) is 0 Å². The van der Waals surface area contributed by atoms with Crippen LogP contribution in [0.25, 0.3) is 0 Å². The second-order valence-electron chi connectivity index (χ2n) is 5.62. The summed E-state index contributed by atoms with van der Waals surface area (Å²) in [4.78, 5) is 6.24. The van der Waals surface area contributed by atoms with Crippen molar-refractivity contribution in [1.82, 2.24) is 18.8 Å². The first-order chi connectivity index (χ1) is 11.5. The molecule has 24 heavy (non-hydrogen) atoms. The summed E-state index contributed by atoms with van der Waals surface area (Å²) in [7, 11) is -3.64. The summed E-state index contributed by atoms with van der Waals surface area (Å²) in [6.45, 7) is 3.78. The Labute approximate surface area is 145 Å². The first kappa shape index (κ1) is 17.3. The molecule has 0 unspecified atom stereocenters. The molecule has 2 heterocycles. The quantitative estimate of drug-likeness (QED) is 0.801. The molecule has 1 aliphatic heterocycles. The number of aromatic nitrogens is 2. The van der Waals surface area contributed by atoms with Gasteiger partial charge in [-0.3, -0.25) is 4.90 Å². The SMILES string of the molecule is O=S(=O)(c1ccc(F)c(Cl)c1)N1CCN(CCn2ccnc2)CC1. The molecule has 0 spiro atoms. The molecular weight excluding hydrogens is 355 g/mol. The molecule has 130 valence electrons. The molecule has 1 fully saturated rings. The highest BCUT2D eigenvalue weighted by Crippen LogP contribution is 2.23. The predicted octanol–water partition coefficient (Wildman–Crippen LogP) is 1.68. The van der Waals surface area contributed by atoms with Crippen molar-refractivity contribution in [1.29, 1.82) is 0 Å². The molecular formula is C15H18ClFN4O2S. The smallest absolute Gasteiger partial charge is 0.243 e. The van der Waals surface area contributed by atoms with E-state index in [1.165, 1.54) is 10.4 Å². The summed E-state index contributed by atoms with van der Waals surface area (Å²) in [5.74, 6) is -0.625. The molecule has 0 radical (unpaired) electrons. The highest BCUT2D eigenvalue weighted by Gasteiger charge is 2.28. The number of hydrogen-bond acceptors (Lipinski definition) is 4. The van der Waals surface area contributed by atoms with Crippen molar-refractivity contribution in [3.05, 3.63) is 47.8 Å². The average molecular weight is 373 g/mol. The van der Waals surface area contributed by atoms with E-state index in [2.05, 4.69) is 9.88 Å². The Kier molecular flexibility index (Phi) is 5.19. The largest absolute Gasteiger partial charge is 0.336 e. The molecule has 1 aromatic heterocycles. The van der Waals surface area contributed by atoms with Gasteiger partial charge < -0.3 is 4.57 Å². The second kappa shape index (κ2) is 7.18. The molecule has 0 amide bonds. The van der Waals surface area contributed by atoms with Crippen molar-refractivity contribution in [3.63, 3.8) is 0 Å². The van der Waals surface area contributed by atoms with Crippen LogP contribution in [-0.4, -0.2) is 59.9 Å². The van der Waals surface area contributed by atoms with Crippen molar-refractivity contribution in [2.45, 2.75) is 11.4 Å². The van der Waals surface area contributed by atoms with Gasteiger partial charge in [0.15, 0.2) is 0 Å². The van der Waals surface area contributed by atoms with Crippen molar-refractivity contribution in [2.24, 2.45) is 0 Å². The molecule has 0 bridgehead atoms. The van der Waals surface area contributed by atoms with E-state index in [0.29, 0.717) is 26.2 Å². The first-order valence-corrected chi connectivity index (χ1v) is 9.42. The predicted molar refractivity (Wildman–Crippen MR) is 88.8 cm³/mol. The maximum absolute atomic E-state index is 13.2. The molecule has 9 heteroatoms. The number of halogens is 2. The Bertz CT molecular complexity index is 790. The fourth-order valence-electron chi connectivity index (χ4n) is 2.66. The number of nitrogens with zero attached hydrogens (tertiary/aromatic N) is 4. The molecule has 0 saturated carbocycles. The summed E-state index contributed by atoms with van der Waals surface area (Å²) in [5, 5.41) is -0.185. The van der Waals surface area contributed by atoms with E-state index in [1.54, 1.807) is 12.5 Å². The van der Waals surface area contributed by atoms with Crippen LogP contribution in [0.4, 0.5) is 4.39 Å². The zero-order chi connectivity index (χ0) is 17.2. The lowest BCUT2D eigenvalue weighted by Crippen LogP contribution is -2.49. The van der Waals surface area contributed by atoms with E-state index in [4.69, 9.17) is 11.6 Å². The minimum atomic E-state index is -3.64. The van der Waals surface area contributed by atoms with Crippen LogP contribution >= 0.6 is 11.6 Å². The number of rotatable bonds is 5. The number of benzene rings is 1. The minimum Gasteiger partial charge on any atom is -0.336 e. The number of imidazole rings is 1. The molecule has 0 aliphatic carbocycles. The fraction of sp³-hybridized carbons (Fsp3) is 0.400. The zero-order valence-electron chi connectivity index (χ0n) is 13.0. The average Bonchev–Trinajstić information content (AvgIpc) is 3.09. The highest BCUT2D eigenvalue weighted by molar-refractivity contribution is 7.89. The zero-order valence-corrected chi connectivity index (χ0v) is 14.5. The van der Waals surface area contributed by atoms with Crippen molar-refractivity contribution >= 4 is 21.6 Å². The summed E-state index contributed by atoms with van der Waals surface area (Å²) in [5.41, 5.74) is 0. The van der Waals surface area contributed by atoms with Gasteiger partial charge in [0.2, 0.25) is 10.0 Å². The van der Waals surface area contributed by atoms with Gasteiger partial charge >= 0.3 is 0 Å². The van der Waals surface area contributed by atoms with Gasteiger partial charge in [0.05, 0.1) is 16.2 Å². The first-order valence-electron chi connectivity index (χ1n) is 7.60. The third-order valence-corrected chi connectivity index (χ3v) is 6.28. The van der Waals surface area contributed by atoms with Gasteiger partial charge in [-0.2, -0.15) is 4.31 Å². The van der Waals surface area contributed by atoms with Gasteiger partial charge in [-0.05, 0) is 18.2 Å². The van der Waals surface area contributed by atoms with Gasteiger partial charge in [-0.1, -0.05) is 11.6 Å². The van der Waals surface area contributed by atoms with Crippen LogP contribution < -0.4 is 0 Å². The minimum absolute atomic E-state index is 0.0285.